The second kappa shape index (κ2) is 8.62. The predicted molar refractivity (Wildman–Crippen MR) is 102 cm³/mol. The van der Waals surface area contributed by atoms with Gasteiger partial charge in [0.25, 0.3) is 0 Å². The van der Waals surface area contributed by atoms with Gasteiger partial charge in [0.05, 0.1) is 13.2 Å². The SMILES string of the molecule is CN(C)[C@H](CNCc1ccccc1N1CCOCC1)c1ccsc1. The standard InChI is InChI=1S/C19H27N3OS/c1-21(2)19(17-7-12-24-15-17)14-20-13-16-5-3-4-6-18(16)22-8-10-23-11-9-22/h3-7,12,15,19-20H,8-11,13-14H2,1-2H3/t19-/m1/s1. The molecule has 0 radical (unpaired) electrons. The quantitative estimate of drug-likeness (QED) is 0.835. The Hall–Kier alpha value is -1.40. The van der Waals surface area contributed by atoms with Gasteiger partial charge in [-0.15, -0.1) is 0 Å². The van der Waals surface area contributed by atoms with E-state index >= 15 is 0 Å². The van der Waals surface area contributed by atoms with Crippen LogP contribution in [0.4, 0.5) is 5.69 Å². The van der Waals surface area contributed by atoms with E-state index in [0.717, 1.165) is 39.4 Å². The molecule has 1 aromatic heterocycles. The van der Waals surface area contributed by atoms with E-state index < -0.39 is 0 Å². The van der Waals surface area contributed by atoms with Gasteiger partial charge in [0.15, 0.2) is 0 Å². The molecular weight excluding hydrogens is 318 g/mol. The molecule has 130 valence electrons. The molecule has 1 atom stereocenters. The fraction of sp³-hybridized carbons (Fsp3) is 0.474. The summed E-state index contributed by atoms with van der Waals surface area (Å²) in [6, 6.07) is 11.3. The van der Waals surface area contributed by atoms with E-state index in [1.54, 1.807) is 11.3 Å². The molecule has 1 fully saturated rings. The molecule has 0 spiro atoms. The van der Waals surface area contributed by atoms with Crippen LogP contribution in [-0.2, 0) is 11.3 Å². The molecule has 2 aromatic rings. The number of benzene rings is 1. The molecule has 24 heavy (non-hydrogen) atoms. The molecule has 1 aliphatic heterocycles. The largest absolute Gasteiger partial charge is 0.378 e. The van der Waals surface area contributed by atoms with Crippen LogP contribution in [-0.4, -0.2) is 51.8 Å². The van der Waals surface area contributed by atoms with Gasteiger partial charge in [-0.05, 0) is 48.1 Å². The van der Waals surface area contributed by atoms with Gasteiger partial charge >= 0.3 is 0 Å². The average molecular weight is 346 g/mol. The topological polar surface area (TPSA) is 27.7 Å². The lowest BCUT2D eigenvalue weighted by Crippen LogP contribution is -2.37. The highest BCUT2D eigenvalue weighted by atomic mass is 32.1. The van der Waals surface area contributed by atoms with Gasteiger partial charge in [0.2, 0.25) is 0 Å². The van der Waals surface area contributed by atoms with Crippen LogP contribution in [0.15, 0.2) is 41.1 Å². The lowest BCUT2D eigenvalue weighted by Gasteiger charge is -2.31. The molecule has 3 rings (SSSR count). The van der Waals surface area contributed by atoms with Crippen molar-refractivity contribution in [2.24, 2.45) is 0 Å². The van der Waals surface area contributed by atoms with Gasteiger partial charge in [-0.1, -0.05) is 18.2 Å². The summed E-state index contributed by atoms with van der Waals surface area (Å²) in [6.45, 7) is 5.44. The number of hydrogen-bond donors (Lipinski definition) is 1. The summed E-state index contributed by atoms with van der Waals surface area (Å²) in [4.78, 5) is 4.71. The van der Waals surface area contributed by atoms with Crippen LogP contribution in [0.3, 0.4) is 0 Å². The fourth-order valence-electron chi connectivity index (χ4n) is 3.18. The third-order valence-electron chi connectivity index (χ3n) is 4.55. The number of rotatable bonds is 7. The minimum absolute atomic E-state index is 0.409. The Balaban J connectivity index is 1.62. The summed E-state index contributed by atoms with van der Waals surface area (Å²) in [7, 11) is 4.29. The van der Waals surface area contributed by atoms with E-state index in [0.29, 0.717) is 6.04 Å². The number of thiophene rings is 1. The normalized spacial score (nSPS) is 16.5. The van der Waals surface area contributed by atoms with Crippen LogP contribution in [0.2, 0.25) is 0 Å². The van der Waals surface area contributed by atoms with Crippen LogP contribution >= 0.6 is 11.3 Å². The summed E-state index contributed by atoms with van der Waals surface area (Å²) in [5, 5.41) is 8.05. The number of hydrogen-bond acceptors (Lipinski definition) is 5. The lowest BCUT2D eigenvalue weighted by molar-refractivity contribution is 0.122. The summed E-state index contributed by atoms with van der Waals surface area (Å²) < 4.78 is 5.48. The predicted octanol–water partition coefficient (Wildman–Crippen LogP) is 2.98. The highest BCUT2D eigenvalue weighted by Gasteiger charge is 2.16. The maximum absolute atomic E-state index is 5.48. The number of likely N-dealkylation sites (N-methyl/N-ethyl adjacent to an activating group) is 1. The average Bonchev–Trinajstić information content (AvgIpc) is 3.13. The van der Waals surface area contributed by atoms with Crippen molar-refractivity contribution in [1.82, 2.24) is 10.2 Å². The highest BCUT2D eigenvalue weighted by Crippen LogP contribution is 2.23. The molecular formula is C19H27N3OS. The molecule has 4 nitrogen and oxygen atoms in total. The fourth-order valence-corrected chi connectivity index (χ4v) is 3.89. The van der Waals surface area contributed by atoms with E-state index in [4.69, 9.17) is 4.74 Å². The Morgan fingerprint density at radius 3 is 2.71 bits per heavy atom. The number of anilines is 1. The highest BCUT2D eigenvalue weighted by molar-refractivity contribution is 7.07. The van der Waals surface area contributed by atoms with Crippen molar-refractivity contribution in [3.8, 4) is 0 Å². The first-order valence-electron chi connectivity index (χ1n) is 8.55. The maximum atomic E-state index is 5.48. The first-order valence-corrected chi connectivity index (χ1v) is 9.50. The molecule has 1 saturated heterocycles. The number of nitrogens with zero attached hydrogens (tertiary/aromatic N) is 2. The van der Waals surface area contributed by atoms with Crippen LogP contribution in [0, 0.1) is 0 Å². The molecule has 1 aromatic carbocycles. The van der Waals surface area contributed by atoms with E-state index in [9.17, 15) is 0 Å². The van der Waals surface area contributed by atoms with Crippen molar-refractivity contribution < 1.29 is 4.74 Å². The minimum atomic E-state index is 0.409. The summed E-state index contributed by atoms with van der Waals surface area (Å²) >= 11 is 1.76. The zero-order valence-corrected chi connectivity index (χ0v) is 15.4. The molecule has 2 heterocycles. The smallest absolute Gasteiger partial charge is 0.0642 e. The maximum Gasteiger partial charge on any atom is 0.0642 e. The third kappa shape index (κ3) is 4.36. The van der Waals surface area contributed by atoms with Crippen LogP contribution in [0.1, 0.15) is 17.2 Å². The van der Waals surface area contributed by atoms with Crippen molar-refractivity contribution in [2.75, 3.05) is 51.8 Å². The third-order valence-corrected chi connectivity index (χ3v) is 5.25. The van der Waals surface area contributed by atoms with Gasteiger partial charge in [0.1, 0.15) is 0 Å². The van der Waals surface area contributed by atoms with Crippen molar-refractivity contribution in [3.05, 3.63) is 52.2 Å². The van der Waals surface area contributed by atoms with Crippen LogP contribution in [0.5, 0.6) is 0 Å². The van der Waals surface area contributed by atoms with Gasteiger partial charge < -0.3 is 19.9 Å². The molecule has 1 N–H and O–H groups in total. The Bertz CT molecular complexity index is 609. The van der Waals surface area contributed by atoms with Gasteiger partial charge in [-0.3, -0.25) is 0 Å². The van der Waals surface area contributed by atoms with E-state index in [2.05, 4.69) is 70.3 Å². The van der Waals surface area contributed by atoms with Crippen molar-refractivity contribution in [2.45, 2.75) is 12.6 Å². The monoisotopic (exact) mass is 345 g/mol. The number of nitrogens with one attached hydrogen (secondary N) is 1. The lowest BCUT2D eigenvalue weighted by atomic mass is 10.1. The van der Waals surface area contributed by atoms with Crippen molar-refractivity contribution in [3.63, 3.8) is 0 Å². The Morgan fingerprint density at radius 2 is 2.00 bits per heavy atom. The van der Waals surface area contributed by atoms with E-state index in [-0.39, 0.29) is 0 Å². The molecule has 1 aliphatic rings. The second-order valence-electron chi connectivity index (χ2n) is 6.40. The van der Waals surface area contributed by atoms with Crippen LogP contribution < -0.4 is 10.2 Å². The number of morpholine rings is 1. The van der Waals surface area contributed by atoms with Crippen LogP contribution in [0.25, 0.3) is 0 Å². The van der Waals surface area contributed by atoms with Crippen molar-refractivity contribution >= 4 is 17.0 Å². The summed E-state index contributed by atoms with van der Waals surface area (Å²) in [5.74, 6) is 0. The summed E-state index contributed by atoms with van der Waals surface area (Å²) in [6.07, 6.45) is 0. The first kappa shape index (κ1) is 17.4. The second-order valence-corrected chi connectivity index (χ2v) is 7.18. The summed E-state index contributed by atoms with van der Waals surface area (Å²) in [5.41, 5.74) is 4.09. The Labute approximate surface area is 149 Å². The van der Waals surface area contributed by atoms with Gasteiger partial charge in [0, 0.05) is 37.9 Å². The van der Waals surface area contributed by atoms with E-state index in [1.165, 1.54) is 16.8 Å². The zero-order chi connectivity index (χ0) is 16.8. The molecule has 0 saturated carbocycles. The first-order chi connectivity index (χ1) is 11.8. The van der Waals surface area contributed by atoms with Gasteiger partial charge in [-0.2, -0.15) is 11.3 Å². The Morgan fingerprint density at radius 1 is 1.21 bits per heavy atom. The number of ether oxygens (including phenoxy) is 1. The van der Waals surface area contributed by atoms with E-state index in [1.807, 2.05) is 0 Å². The molecule has 0 amide bonds. The molecule has 0 unspecified atom stereocenters. The number of para-hydroxylation sites is 1. The molecule has 0 bridgehead atoms. The Kier molecular flexibility index (Phi) is 6.26. The zero-order valence-electron chi connectivity index (χ0n) is 14.6. The van der Waals surface area contributed by atoms with Crippen molar-refractivity contribution in [1.29, 1.82) is 0 Å². The molecule has 0 aliphatic carbocycles. The molecule has 5 heteroatoms. The van der Waals surface area contributed by atoms with Gasteiger partial charge in [-0.25, -0.2) is 0 Å². The minimum Gasteiger partial charge on any atom is -0.378 e.